The molecular weight excluding hydrogens is 590 g/mol. The van der Waals surface area contributed by atoms with Crippen LogP contribution in [-0.2, 0) is 9.53 Å². The number of esters is 1. The molecule has 0 radical (unpaired) electrons. The van der Waals surface area contributed by atoms with Gasteiger partial charge < -0.3 is 4.74 Å². The molecule has 0 aliphatic carbocycles. The molecule has 0 bridgehead atoms. The maximum absolute atomic E-state index is 13.8. The van der Waals surface area contributed by atoms with Crippen molar-refractivity contribution in [2.45, 2.75) is 13.0 Å². The van der Waals surface area contributed by atoms with Gasteiger partial charge in [-0.25, -0.2) is 14.2 Å². The van der Waals surface area contributed by atoms with Gasteiger partial charge in [-0.15, -0.1) is 0 Å². The monoisotopic (exact) mass is 610 g/mol. The van der Waals surface area contributed by atoms with Crippen molar-refractivity contribution in [2.24, 2.45) is 4.99 Å². The zero-order valence-electron chi connectivity index (χ0n) is 19.2. The summed E-state index contributed by atoms with van der Waals surface area (Å²) in [5.41, 5.74) is 2.59. The van der Waals surface area contributed by atoms with E-state index in [1.165, 1.54) is 28.0 Å². The van der Waals surface area contributed by atoms with Crippen molar-refractivity contribution < 1.29 is 13.9 Å². The molecule has 0 unspecified atom stereocenters. The smallest absolute Gasteiger partial charge is 0.338 e. The number of halogens is 2. The quantitative estimate of drug-likeness (QED) is 0.244. The van der Waals surface area contributed by atoms with Crippen LogP contribution >= 0.6 is 33.9 Å². The van der Waals surface area contributed by atoms with Gasteiger partial charge in [0.25, 0.3) is 5.56 Å². The number of rotatable bonds is 5. The van der Waals surface area contributed by atoms with Gasteiger partial charge in [-0.1, -0.05) is 65.9 Å². The highest BCUT2D eigenvalue weighted by Crippen LogP contribution is 2.35. The summed E-state index contributed by atoms with van der Waals surface area (Å²) in [5.74, 6) is -0.976. The van der Waals surface area contributed by atoms with Gasteiger partial charge >= 0.3 is 5.97 Å². The molecule has 5 rings (SSSR count). The number of thiazole rings is 1. The Morgan fingerprint density at radius 1 is 1.08 bits per heavy atom. The lowest BCUT2D eigenvalue weighted by Crippen LogP contribution is -2.40. The maximum Gasteiger partial charge on any atom is 0.338 e. The number of carbonyl (C=O) groups excluding carboxylic acids is 1. The zero-order chi connectivity index (χ0) is 25.2. The number of fused-ring (bicyclic) bond motifs is 1. The van der Waals surface area contributed by atoms with E-state index in [1.807, 2.05) is 60.7 Å². The molecule has 4 aromatic rings. The van der Waals surface area contributed by atoms with E-state index in [0.717, 1.165) is 14.7 Å². The molecule has 1 aliphatic rings. The number of hydrogen-bond donors (Lipinski definition) is 0. The lowest BCUT2D eigenvalue weighted by Gasteiger charge is -2.25. The fourth-order valence-corrected chi connectivity index (χ4v) is 5.47. The molecule has 0 fully saturated rings. The van der Waals surface area contributed by atoms with Crippen LogP contribution in [0.2, 0.25) is 0 Å². The molecule has 180 valence electrons. The maximum atomic E-state index is 13.8. The third kappa shape index (κ3) is 4.70. The first-order chi connectivity index (χ1) is 17.5. The number of aromatic nitrogens is 1. The first kappa shape index (κ1) is 24.3. The standard InChI is InChI=1S/C28H20FIN2O3S/c1-2-35-27(34)23-24(18-6-4-3-5-7-18)31-28-32(25(23)19-10-12-20(29)13-11-19)26(33)22(36-28)16-17-8-14-21(30)15-9-17/h3-16,25H,2H2,1H3/b22-16-/t25-/m0/s1. The van der Waals surface area contributed by atoms with Crippen molar-refractivity contribution >= 4 is 51.7 Å². The van der Waals surface area contributed by atoms with Crippen LogP contribution < -0.4 is 14.9 Å². The van der Waals surface area contributed by atoms with Gasteiger partial charge in [-0.2, -0.15) is 0 Å². The molecule has 0 saturated heterocycles. The Balaban J connectivity index is 1.82. The summed E-state index contributed by atoms with van der Waals surface area (Å²) in [6, 6.07) is 22.1. The summed E-state index contributed by atoms with van der Waals surface area (Å²) >= 11 is 3.48. The molecule has 1 aromatic heterocycles. The largest absolute Gasteiger partial charge is 0.463 e. The van der Waals surface area contributed by atoms with Crippen LogP contribution in [0.1, 0.15) is 29.7 Å². The Labute approximate surface area is 224 Å². The molecule has 0 saturated carbocycles. The summed E-state index contributed by atoms with van der Waals surface area (Å²) < 4.78 is 22.3. The fraction of sp³-hybridized carbons (Fsp3) is 0.107. The average Bonchev–Trinajstić information content (AvgIpc) is 3.20. The number of nitrogens with zero attached hydrogens (tertiary/aromatic N) is 2. The molecule has 1 aliphatic heterocycles. The Bertz CT molecular complexity index is 1640. The highest BCUT2D eigenvalue weighted by atomic mass is 127. The minimum Gasteiger partial charge on any atom is -0.463 e. The molecule has 8 heteroatoms. The van der Waals surface area contributed by atoms with E-state index < -0.39 is 17.8 Å². The molecule has 3 aromatic carbocycles. The summed E-state index contributed by atoms with van der Waals surface area (Å²) in [7, 11) is 0. The summed E-state index contributed by atoms with van der Waals surface area (Å²) in [4.78, 5) is 32.3. The van der Waals surface area contributed by atoms with Crippen molar-refractivity contribution in [3.8, 4) is 0 Å². The molecule has 36 heavy (non-hydrogen) atoms. The molecule has 0 N–H and O–H groups in total. The highest BCUT2D eigenvalue weighted by Gasteiger charge is 2.35. The van der Waals surface area contributed by atoms with Crippen LogP contribution in [0, 0.1) is 9.39 Å². The second kappa shape index (κ2) is 10.3. The minimum absolute atomic E-state index is 0.164. The van der Waals surface area contributed by atoms with E-state index >= 15 is 0 Å². The third-order valence-corrected chi connectivity index (χ3v) is 7.43. The van der Waals surface area contributed by atoms with E-state index in [-0.39, 0.29) is 17.7 Å². The van der Waals surface area contributed by atoms with Gasteiger partial charge in [0, 0.05) is 9.13 Å². The van der Waals surface area contributed by atoms with Crippen molar-refractivity contribution in [3.05, 3.63) is 130 Å². The van der Waals surface area contributed by atoms with E-state index in [2.05, 4.69) is 22.6 Å². The van der Waals surface area contributed by atoms with Crippen molar-refractivity contribution in [1.82, 2.24) is 4.57 Å². The van der Waals surface area contributed by atoms with E-state index in [9.17, 15) is 14.0 Å². The van der Waals surface area contributed by atoms with Crippen LogP contribution in [-0.4, -0.2) is 17.1 Å². The van der Waals surface area contributed by atoms with Crippen molar-refractivity contribution in [2.75, 3.05) is 6.61 Å². The molecule has 0 spiro atoms. The van der Waals surface area contributed by atoms with Gasteiger partial charge in [0.05, 0.1) is 28.5 Å². The molecular formula is C28H20FIN2O3S. The van der Waals surface area contributed by atoms with Crippen LogP contribution in [0.5, 0.6) is 0 Å². The lowest BCUT2D eigenvalue weighted by atomic mass is 9.93. The Morgan fingerprint density at radius 3 is 2.44 bits per heavy atom. The molecule has 5 nitrogen and oxygen atoms in total. The normalized spacial score (nSPS) is 15.4. The summed E-state index contributed by atoms with van der Waals surface area (Å²) in [5, 5.41) is 0. The second-order valence-corrected chi connectivity index (χ2v) is 10.3. The number of ether oxygens (including phenoxy) is 1. The van der Waals surface area contributed by atoms with Crippen LogP contribution in [0.4, 0.5) is 4.39 Å². The Morgan fingerprint density at radius 2 is 1.78 bits per heavy atom. The second-order valence-electron chi connectivity index (χ2n) is 8.03. The Hall–Kier alpha value is -3.37. The number of benzene rings is 3. The van der Waals surface area contributed by atoms with Crippen LogP contribution in [0.3, 0.4) is 0 Å². The SMILES string of the molecule is CCOC(=O)C1=C(c2ccccc2)N=c2s/c(=C\c3ccc(I)cc3)c(=O)n2[C@H]1c1ccc(F)cc1. The minimum atomic E-state index is -0.824. The molecule has 1 atom stereocenters. The number of carbonyl (C=O) groups is 1. The van der Waals surface area contributed by atoms with Gasteiger partial charge in [0.1, 0.15) is 5.82 Å². The predicted molar refractivity (Wildman–Crippen MR) is 147 cm³/mol. The van der Waals surface area contributed by atoms with E-state index in [1.54, 1.807) is 19.1 Å². The van der Waals surface area contributed by atoms with Crippen LogP contribution in [0.15, 0.2) is 94.2 Å². The Kier molecular flexibility index (Phi) is 6.97. The third-order valence-electron chi connectivity index (χ3n) is 5.73. The fourth-order valence-electron chi connectivity index (χ4n) is 4.11. The van der Waals surface area contributed by atoms with Gasteiger partial charge in [0.15, 0.2) is 4.80 Å². The van der Waals surface area contributed by atoms with Gasteiger partial charge in [-0.3, -0.25) is 9.36 Å². The van der Waals surface area contributed by atoms with E-state index in [0.29, 0.717) is 20.6 Å². The predicted octanol–water partition coefficient (Wildman–Crippen LogP) is 4.68. The van der Waals surface area contributed by atoms with Crippen LogP contribution in [0.25, 0.3) is 11.8 Å². The molecule has 0 amide bonds. The van der Waals surface area contributed by atoms with E-state index in [4.69, 9.17) is 9.73 Å². The zero-order valence-corrected chi connectivity index (χ0v) is 22.1. The number of hydrogen-bond acceptors (Lipinski definition) is 5. The van der Waals surface area contributed by atoms with Gasteiger partial charge in [0.2, 0.25) is 0 Å². The highest BCUT2D eigenvalue weighted by molar-refractivity contribution is 14.1. The van der Waals surface area contributed by atoms with Crippen molar-refractivity contribution in [1.29, 1.82) is 0 Å². The first-order valence-corrected chi connectivity index (χ1v) is 13.2. The topological polar surface area (TPSA) is 60.7 Å². The average molecular weight is 610 g/mol. The van der Waals surface area contributed by atoms with Gasteiger partial charge in [-0.05, 0) is 71.0 Å². The first-order valence-electron chi connectivity index (χ1n) is 11.3. The lowest BCUT2D eigenvalue weighted by molar-refractivity contribution is -0.138. The summed E-state index contributed by atoms with van der Waals surface area (Å²) in [6.07, 6.45) is 1.82. The summed E-state index contributed by atoms with van der Waals surface area (Å²) in [6.45, 7) is 1.89. The molecule has 2 heterocycles. The van der Waals surface area contributed by atoms with Crippen molar-refractivity contribution in [3.63, 3.8) is 0 Å².